The van der Waals surface area contributed by atoms with Crippen molar-refractivity contribution in [3.63, 3.8) is 0 Å². The molecule has 1 aliphatic carbocycles. The quantitative estimate of drug-likeness (QED) is 0.752. The second-order valence-electron chi connectivity index (χ2n) is 6.78. The van der Waals surface area contributed by atoms with E-state index in [2.05, 4.69) is 28.9 Å². The molecule has 1 fully saturated rings. The molecule has 4 nitrogen and oxygen atoms in total. The minimum Gasteiger partial charge on any atom is -0.352 e. The van der Waals surface area contributed by atoms with Crippen LogP contribution in [0.2, 0.25) is 0 Å². The maximum absolute atomic E-state index is 12.6. The summed E-state index contributed by atoms with van der Waals surface area (Å²) in [5, 5.41) is 6.27. The summed E-state index contributed by atoms with van der Waals surface area (Å²) >= 11 is 1.68. The van der Waals surface area contributed by atoms with Gasteiger partial charge in [-0.3, -0.25) is 4.79 Å². The fraction of sp³-hybridized carbons (Fsp3) is 0.368. The van der Waals surface area contributed by atoms with E-state index in [4.69, 9.17) is 4.98 Å². The zero-order valence-corrected chi connectivity index (χ0v) is 14.8. The van der Waals surface area contributed by atoms with Crippen LogP contribution in [0.1, 0.15) is 48.0 Å². The van der Waals surface area contributed by atoms with Crippen molar-refractivity contribution in [1.29, 1.82) is 0 Å². The Balaban J connectivity index is 1.73. The lowest BCUT2D eigenvalue weighted by atomic mass is 10.2. The van der Waals surface area contributed by atoms with Crippen LogP contribution in [-0.2, 0) is 0 Å². The van der Waals surface area contributed by atoms with Crippen molar-refractivity contribution in [3.8, 4) is 11.4 Å². The molecule has 1 N–H and O–H groups in total. The Hall–Kier alpha value is -2.14. The van der Waals surface area contributed by atoms with Gasteiger partial charge in [0.15, 0.2) is 0 Å². The average Bonchev–Trinajstić information content (AvgIpc) is 3.13. The molecule has 4 rings (SSSR count). The number of hydrogen-bond donors (Lipinski definition) is 1. The van der Waals surface area contributed by atoms with Crippen LogP contribution in [-0.4, -0.2) is 21.8 Å². The van der Waals surface area contributed by atoms with Crippen LogP contribution in [0, 0.1) is 5.92 Å². The SMILES string of the molecule is CC(C)c1nc(-c2cc(C(=O)NCC3CC3)c3ccccn23)cs1. The van der Waals surface area contributed by atoms with E-state index in [9.17, 15) is 4.79 Å². The number of amides is 1. The molecule has 0 aromatic carbocycles. The molecule has 0 spiro atoms. The summed E-state index contributed by atoms with van der Waals surface area (Å²) in [6, 6.07) is 7.91. The lowest BCUT2D eigenvalue weighted by Crippen LogP contribution is -2.25. The van der Waals surface area contributed by atoms with Gasteiger partial charge in [-0.25, -0.2) is 4.98 Å². The number of nitrogens with zero attached hydrogens (tertiary/aromatic N) is 2. The number of fused-ring (bicyclic) bond motifs is 1. The largest absolute Gasteiger partial charge is 0.352 e. The Kier molecular flexibility index (Phi) is 3.88. The van der Waals surface area contributed by atoms with Gasteiger partial charge in [0.05, 0.1) is 27.5 Å². The van der Waals surface area contributed by atoms with Crippen LogP contribution >= 0.6 is 11.3 Å². The van der Waals surface area contributed by atoms with Crippen LogP contribution in [0.5, 0.6) is 0 Å². The standard InChI is InChI=1S/C19H21N3OS/c1-12(2)19-21-15(11-24-19)17-9-14(16-5-3-4-8-22(16)17)18(23)20-10-13-6-7-13/h3-5,8-9,11-13H,6-7,10H2,1-2H3,(H,20,23). The number of aromatic nitrogens is 2. The molecule has 0 bridgehead atoms. The fourth-order valence-electron chi connectivity index (χ4n) is 2.86. The summed E-state index contributed by atoms with van der Waals surface area (Å²) in [7, 11) is 0. The third-order valence-electron chi connectivity index (χ3n) is 4.45. The molecule has 1 amide bonds. The monoisotopic (exact) mass is 339 g/mol. The highest BCUT2D eigenvalue weighted by Gasteiger charge is 2.23. The third-order valence-corrected chi connectivity index (χ3v) is 5.59. The summed E-state index contributed by atoms with van der Waals surface area (Å²) < 4.78 is 2.06. The minimum absolute atomic E-state index is 0.0103. The molecule has 24 heavy (non-hydrogen) atoms. The number of nitrogens with one attached hydrogen (secondary N) is 1. The van der Waals surface area contributed by atoms with E-state index in [0.717, 1.165) is 34.0 Å². The predicted molar refractivity (Wildman–Crippen MR) is 97.7 cm³/mol. The molecule has 0 unspecified atom stereocenters. The van der Waals surface area contributed by atoms with Gasteiger partial charge in [0, 0.05) is 24.0 Å². The minimum atomic E-state index is 0.0103. The Morgan fingerprint density at radius 3 is 2.96 bits per heavy atom. The molecule has 1 aliphatic rings. The molecule has 124 valence electrons. The van der Waals surface area contributed by atoms with Gasteiger partial charge in [0.25, 0.3) is 5.91 Å². The molecule has 5 heteroatoms. The fourth-order valence-corrected chi connectivity index (χ4v) is 3.69. The summed E-state index contributed by atoms with van der Waals surface area (Å²) in [5.74, 6) is 1.10. The van der Waals surface area contributed by atoms with Gasteiger partial charge >= 0.3 is 0 Å². The normalized spacial score (nSPS) is 14.5. The number of rotatable bonds is 5. The number of carbonyl (C=O) groups excluding carboxylic acids is 1. The Labute approximate surface area is 145 Å². The maximum atomic E-state index is 12.6. The zero-order valence-electron chi connectivity index (χ0n) is 14.0. The lowest BCUT2D eigenvalue weighted by molar-refractivity contribution is 0.0953. The van der Waals surface area contributed by atoms with Crippen LogP contribution in [0.15, 0.2) is 35.8 Å². The molecule has 1 saturated carbocycles. The zero-order chi connectivity index (χ0) is 16.7. The maximum Gasteiger partial charge on any atom is 0.253 e. The summed E-state index contributed by atoms with van der Waals surface area (Å²) in [5.41, 5.74) is 3.57. The molecular weight excluding hydrogens is 318 g/mol. The van der Waals surface area contributed by atoms with Crippen molar-refractivity contribution in [2.24, 2.45) is 5.92 Å². The molecule has 3 aromatic heterocycles. The molecule has 0 atom stereocenters. The smallest absolute Gasteiger partial charge is 0.253 e. The first-order valence-corrected chi connectivity index (χ1v) is 9.35. The highest BCUT2D eigenvalue weighted by Crippen LogP contribution is 2.30. The highest BCUT2D eigenvalue weighted by atomic mass is 32.1. The van der Waals surface area contributed by atoms with Gasteiger partial charge in [0.2, 0.25) is 0 Å². The van der Waals surface area contributed by atoms with Crippen molar-refractivity contribution in [2.45, 2.75) is 32.6 Å². The topological polar surface area (TPSA) is 46.4 Å². The Bertz CT molecular complexity index is 889. The second-order valence-corrected chi connectivity index (χ2v) is 7.67. The van der Waals surface area contributed by atoms with Gasteiger partial charge < -0.3 is 9.72 Å². The molecular formula is C19H21N3OS. The molecule has 0 aliphatic heterocycles. The first kappa shape index (κ1) is 15.4. The van der Waals surface area contributed by atoms with Gasteiger partial charge in [0.1, 0.15) is 0 Å². The number of pyridine rings is 1. The summed E-state index contributed by atoms with van der Waals surface area (Å²) in [4.78, 5) is 17.4. The van der Waals surface area contributed by atoms with Crippen LogP contribution < -0.4 is 5.32 Å². The third kappa shape index (κ3) is 2.84. The number of hydrogen-bond acceptors (Lipinski definition) is 3. The average molecular weight is 339 g/mol. The van der Waals surface area contributed by atoms with E-state index in [1.165, 1.54) is 12.8 Å². The van der Waals surface area contributed by atoms with E-state index in [1.54, 1.807) is 11.3 Å². The van der Waals surface area contributed by atoms with Crippen molar-refractivity contribution < 1.29 is 4.79 Å². The molecule has 3 heterocycles. The molecule has 3 aromatic rings. The van der Waals surface area contributed by atoms with Crippen molar-refractivity contribution >= 4 is 22.8 Å². The molecule has 0 radical (unpaired) electrons. The van der Waals surface area contributed by atoms with Crippen LogP contribution in [0.4, 0.5) is 0 Å². The van der Waals surface area contributed by atoms with Crippen LogP contribution in [0.25, 0.3) is 16.9 Å². The van der Waals surface area contributed by atoms with Gasteiger partial charge in [-0.2, -0.15) is 0 Å². The van der Waals surface area contributed by atoms with Crippen molar-refractivity contribution in [3.05, 3.63) is 46.4 Å². The van der Waals surface area contributed by atoms with E-state index >= 15 is 0 Å². The van der Waals surface area contributed by atoms with Gasteiger partial charge in [-0.05, 0) is 37.0 Å². The van der Waals surface area contributed by atoms with Crippen molar-refractivity contribution in [1.82, 2.24) is 14.7 Å². The van der Waals surface area contributed by atoms with E-state index < -0.39 is 0 Å². The van der Waals surface area contributed by atoms with Crippen LogP contribution in [0.3, 0.4) is 0 Å². The first-order chi connectivity index (χ1) is 11.6. The summed E-state index contributed by atoms with van der Waals surface area (Å²) in [6.45, 7) is 5.08. The lowest BCUT2D eigenvalue weighted by Gasteiger charge is -2.03. The first-order valence-electron chi connectivity index (χ1n) is 8.47. The number of thiazole rings is 1. The summed E-state index contributed by atoms with van der Waals surface area (Å²) in [6.07, 6.45) is 4.47. The highest BCUT2D eigenvalue weighted by molar-refractivity contribution is 7.10. The van der Waals surface area contributed by atoms with Crippen molar-refractivity contribution in [2.75, 3.05) is 6.54 Å². The van der Waals surface area contributed by atoms with Gasteiger partial charge in [-0.1, -0.05) is 19.9 Å². The molecule has 0 saturated heterocycles. The second kappa shape index (κ2) is 6.06. The van der Waals surface area contributed by atoms with E-state index in [1.807, 2.05) is 30.5 Å². The Morgan fingerprint density at radius 2 is 2.25 bits per heavy atom. The Morgan fingerprint density at radius 1 is 1.42 bits per heavy atom. The number of carbonyl (C=O) groups is 1. The van der Waals surface area contributed by atoms with Gasteiger partial charge in [-0.15, -0.1) is 11.3 Å². The predicted octanol–water partition coefficient (Wildman–Crippen LogP) is 4.33. The van der Waals surface area contributed by atoms with E-state index in [-0.39, 0.29) is 5.91 Å². The van der Waals surface area contributed by atoms with E-state index in [0.29, 0.717) is 11.8 Å².